The van der Waals surface area contributed by atoms with E-state index < -0.39 is 5.97 Å². The molecule has 0 saturated heterocycles. The zero-order chi connectivity index (χ0) is 14.8. The molecule has 106 valence electrons. The number of para-hydroxylation sites is 1. The molecule has 3 aromatic rings. The molecule has 0 aliphatic heterocycles. The molecular weight excluding hydrogens is 272 g/mol. The minimum atomic E-state index is -1.07. The number of aromatic carboxylic acids is 1. The van der Waals surface area contributed by atoms with E-state index in [1.165, 1.54) is 6.07 Å². The van der Waals surface area contributed by atoms with E-state index in [-0.39, 0.29) is 5.69 Å². The summed E-state index contributed by atoms with van der Waals surface area (Å²) in [4.78, 5) is 19.3. The lowest BCUT2D eigenvalue weighted by Crippen LogP contribution is -2.06. The number of nitrogens with one attached hydrogen (secondary N) is 1. The van der Waals surface area contributed by atoms with E-state index in [4.69, 9.17) is 9.63 Å². The number of aryl methyl sites for hydroxylation is 1. The molecule has 0 unspecified atom stereocenters. The van der Waals surface area contributed by atoms with Crippen molar-refractivity contribution in [1.29, 1.82) is 0 Å². The number of pyridine rings is 1. The summed E-state index contributed by atoms with van der Waals surface area (Å²) in [6.07, 6.45) is 0. The summed E-state index contributed by atoms with van der Waals surface area (Å²) in [5, 5.41) is 16.9. The van der Waals surface area contributed by atoms with Gasteiger partial charge in [-0.3, -0.25) is 0 Å². The van der Waals surface area contributed by atoms with Crippen LogP contribution in [0.3, 0.4) is 0 Å². The predicted octanol–water partition coefficient (Wildman–Crippen LogP) is 2.24. The Morgan fingerprint density at radius 2 is 2.14 bits per heavy atom. The summed E-state index contributed by atoms with van der Waals surface area (Å²) in [6.45, 7) is 2.05. The standard InChI is InChI=1S/C14H12N4O3/c1-8-16-13(18-21-8)7-15-11-6-12(14(19)20)17-10-5-3-2-4-9(10)11/h2-6H,7H2,1H3,(H,15,17)(H,19,20). The van der Waals surface area contributed by atoms with Gasteiger partial charge >= 0.3 is 5.97 Å². The van der Waals surface area contributed by atoms with Crippen molar-refractivity contribution < 1.29 is 14.4 Å². The number of carboxylic acid groups (broad SMARTS) is 1. The van der Waals surface area contributed by atoms with Gasteiger partial charge in [-0.2, -0.15) is 4.98 Å². The molecule has 2 aromatic heterocycles. The highest BCUT2D eigenvalue weighted by atomic mass is 16.5. The fraction of sp³-hybridized carbons (Fsp3) is 0.143. The molecule has 0 bridgehead atoms. The molecule has 7 heteroatoms. The molecule has 2 N–H and O–H groups in total. The van der Waals surface area contributed by atoms with Gasteiger partial charge in [0.25, 0.3) is 0 Å². The number of rotatable bonds is 4. The Morgan fingerprint density at radius 3 is 2.86 bits per heavy atom. The molecule has 0 fully saturated rings. The van der Waals surface area contributed by atoms with Crippen LogP contribution in [-0.2, 0) is 6.54 Å². The first-order chi connectivity index (χ1) is 10.1. The number of hydrogen-bond acceptors (Lipinski definition) is 6. The van der Waals surface area contributed by atoms with Gasteiger partial charge in [-0.15, -0.1) is 0 Å². The van der Waals surface area contributed by atoms with Crippen molar-refractivity contribution in [3.63, 3.8) is 0 Å². The van der Waals surface area contributed by atoms with Crippen LogP contribution in [0.1, 0.15) is 22.2 Å². The van der Waals surface area contributed by atoms with E-state index in [0.29, 0.717) is 29.5 Å². The Labute approximate surface area is 119 Å². The van der Waals surface area contributed by atoms with Gasteiger partial charge < -0.3 is 14.9 Å². The van der Waals surface area contributed by atoms with Crippen LogP contribution < -0.4 is 5.32 Å². The molecule has 0 aliphatic rings. The summed E-state index contributed by atoms with van der Waals surface area (Å²) in [5.41, 5.74) is 1.27. The average molecular weight is 284 g/mol. The zero-order valence-electron chi connectivity index (χ0n) is 11.2. The van der Waals surface area contributed by atoms with E-state index in [0.717, 1.165) is 5.39 Å². The molecule has 0 aliphatic carbocycles. The third-order valence-corrected chi connectivity index (χ3v) is 2.94. The Bertz CT molecular complexity index is 813. The number of carboxylic acids is 1. The van der Waals surface area contributed by atoms with E-state index in [1.54, 1.807) is 13.0 Å². The third-order valence-electron chi connectivity index (χ3n) is 2.94. The quantitative estimate of drug-likeness (QED) is 0.757. The van der Waals surface area contributed by atoms with Gasteiger partial charge in [0, 0.05) is 18.0 Å². The normalized spacial score (nSPS) is 10.7. The van der Waals surface area contributed by atoms with Crippen molar-refractivity contribution in [3.05, 3.63) is 47.7 Å². The summed E-state index contributed by atoms with van der Waals surface area (Å²) < 4.78 is 4.89. The second kappa shape index (κ2) is 5.20. The average Bonchev–Trinajstić information content (AvgIpc) is 2.90. The number of fused-ring (bicyclic) bond motifs is 1. The summed E-state index contributed by atoms with van der Waals surface area (Å²) in [6, 6.07) is 8.82. The van der Waals surface area contributed by atoms with E-state index in [9.17, 15) is 4.79 Å². The van der Waals surface area contributed by atoms with Crippen molar-refractivity contribution in [2.45, 2.75) is 13.5 Å². The molecule has 21 heavy (non-hydrogen) atoms. The van der Waals surface area contributed by atoms with Crippen LogP contribution in [0.15, 0.2) is 34.9 Å². The lowest BCUT2D eigenvalue weighted by molar-refractivity contribution is 0.0691. The number of anilines is 1. The zero-order valence-corrected chi connectivity index (χ0v) is 11.2. The van der Waals surface area contributed by atoms with Crippen LogP contribution in [0.2, 0.25) is 0 Å². The smallest absolute Gasteiger partial charge is 0.354 e. The molecule has 1 aromatic carbocycles. The van der Waals surface area contributed by atoms with Gasteiger partial charge in [-0.1, -0.05) is 23.4 Å². The number of carbonyl (C=O) groups is 1. The number of benzene rings is 1. The Hall–Kier alpha value is -2.96. The van der Waals surface area contributed by atoms with Crippen molar-refractivity contribution in [1.82, 2.24) is 15.1 Å². The van der Waals surface area contributed by atoms with Gasteiger partial charge in [0.1, 0.15) is 0 Å². The van der Waals surface area contributed by atoms with Crippen LogP contribution in [0.5, 0.6) is 0 Å². The fourth-order valence-corrected chi connectivity index (χ4v) is 2.02. The molecule has 0 atom stereocenters. The van der Waals surface area contributed by atoms with Crippen molar-refractivity contribution >= 4 is 22.6 Å². The first kappa shape index (κ1) is 13.0. The van der Waals surface area contributed by atoms with Crippen LogP contribution in [0, 0.1) is 6.92 Å². The van der Waals surface area contributed by atoms with Gasteiger partial charge in [0.15, 0.2) is 11.5 Å². The summed E-state index contributed by atoms with van der Waals surface area (Å²) in [7, 11) is 0. The van der Waals surface area contributed by atoms with Gasteiger partial charge in [0.2, 0.25) is 5.89 Å². The molecule has 2 heterocycles. The molecule has 3 rings (SSSR count). The van der Waals surface area contributed by atoms with Crippen LogP contribution >= 0.6 is 0 Å². The molecule has 0 radical (unpaired) electrons. The summed E-state index contributed by atoms with van der Waals surface area (Å²) >= 11 is 0. The highest BCUT2D eigenvalue weighted by molar-refractivity contribution is 5.97. The monoisotopic (exact) mass is 284 g/mol. The Balaban J connectivity index is 1.97. The number of nitrogens with zero attached hydrogens (tertiary/aromatic N) is 3. The second-order valence-corrected chi connectivity index (χ2v) is 4.46. The van der Waals surface area contributed by atoms with Crippen molar-refractivity contribution in [2.24, 2.45) is 0 Å². The van der Waals surface area contributed by atoms with E-state index in [2.05, 4.69) is 20.4 Å². The third kappa shape index (κ3) is 2.66. The Morgan fingerprint density at radius 1 is 1.33 bits per heavy atom. The van der Waals surface area contributed by atoms with Crippen molar-refractivity contribution in [2.75, 3.05) is 5.32 Å². The van der Waals surface area contributed by atoms with E-state index >= 15 is 0 Å². The minimum absolute atomic E-state index is 0.0134. The molecular formula is C14H12N4O3. The van der Waals surface area contributed by atoms with Crippen LogP contribution in [0.4, 0.5) is 5.69 Å². The van der Waals surface area contributed by atoms with Gasteiger partial charge in [-0.05, 0) is 12.1 Å². The summed E-state index contributed by atoms with van der Waals surface area (Å²) in [5.74, 6) is -0.0814. The maximum atomic E-state index is 11.1. The van der Waals surface area contributed by atoms with Gasteiger partial charge in [-0.25, -0.2) is 9.78 Å². The number of aromatic nitrogens is 3. The molecule has 0 saturated carbocycles. The number of hydrogen-bond donors (Lipinski definition) is 2. The minimum Gasteiger partial charge on any atom is -0.477 e. The van der Waals surface area contributed by atoms with Crippen molar-refractivity contribution in [3.8, 4) is 0 Å². The maximum absolute atomic E-state index is 11.1. The topological polar surface area (TPSA) is 101 Å². The molecule has 0 spiro atoms. The lowest BCUT2D eigenvalue weighted by atomic mass is 10.1. The van der Waals surface area contributed by atoms with Gasteiger partial charge in [0.05, 0.1) is 12.1 Å². The second-order valence-electron chi connectivity index (χ2n) is 4.46. The predicted molar refractivity (Wildman–Crippen MR) is 75.1 cm³/mol. The largest absolute Gasteiger partial charge is 0.477 e. The SMILES string of the molecule is Cc1nc(CNc2cc(C(=O)O)nc3ccccc23)no1. The van der Waals surface area contributed by atoms with Crippen LogP contribution in [-0.4, -0.2) is 26.2 Å². The lowest BCUT2D eigenvalue weighted by Gasteiger charge is -2.09. The maximum Gasteiger partial charge on any atom is 0.354 e. The fourth-order valence-electron chi connectivity index (χ4n) is 2.02. The highest BCUT2D eigenvalue weighted by Crippen LogP contribution is 2.23. The molecule has 0 amide bonds. The Kier molecular flexibility index (Phi) is 3.23. The van der Waals surface area contributed by atoms with E-state index in [1.807, 2.05) is 18.2 Å². The molecule has 7 nitrogen and oxygen atoms in total. The highest BCUT2D eigenvalue weighted by Gasteiger charge is 2.11. The first-order valence-corrected chi connectivity index (χ1v) is 6.29. The first-order valence-electron chi connectivity index (χ1n) is 6.29. The van der Waals surface area contributed by atoms with Crippen LogP contribution in [0.25, 0.3) is 10.9 Å².